The quantitative estimate of drug-likeness (QED) is 0.584. The Kier molecular flexibility index (Phi) is 3.81. The van der Waals surface area contributed by atoms with Crippen molar-refractivity contribution in [2.45, 2.75) is 26.8 Å². The van der Waals surface area contributed by atoms with Gasteiger partial charge in [0.2, 0.25) is 0 Å². The number of thiazole rings is 1. The van der Waals surface area contributed by atoms with Gasteiger partial charge in [-0.1, -0.05) is 41.2 Å². The smallest absolute Gasteiger partial charge is 0.251 e. The Hall–Kier alpha value is -2.66. The summed E-state index contributed by atoms with van der Waals surface area (Å²) in [6, 6.07) is 14.3. The lowest BCUT2D eigenvalue weighted by Gasteiger charge is -2.08. The van der Waals surface area contributed by atoms with E-state index in [9.17, 15) is 4.79 Å². The van der Waals surface area contributed by atoms with Crippen LogP contribution >= 0.6 is 11.3 Å². The van der Waals surface area contributed by atoms with Crippen molar-refractivity contribution < 1.29 is 4.79 Å². The molecule has 2 aromatic carbocycles. The van der Waals surface area contributed by atoms with Gasteiger partial charge < -0.3 is 5.32 Å². The zero-order valence-electron chi connectivity index (χ0n) is 14.4. The molecule has 1 N–H and O–H groups in total. The van der Waals surface area contributed by atoms with Gasteiger partial charge in [-0.2, -0.15) is 0 Å². The number of hydrogen-bond donors (Lipinski definition) is 1. The molecule has 0 atom stereocenters. The lowest BCUT2D eigenvalue weighted by atomic mass is 10.1. The molecule has 4 aromatic rings. The number of carbonyl (C=O) groups is 1. The summed E-state index contributed by atoms with van der Waals surface area (Å²) in [6.45, 7) is 6.00. The molecule has 1 amide bonds. The van der Waals surface area contributed by atoms with Crippen molar-refractivity contribution in [3.05, 3.63) is 59.8 Å². The first-order valence-corrected chi connectivity index (χ1v) is 9.12. The molecule has 0 unspecified atom stereocenters. The minimum absolute atomic E-state index is 0.0386. The molecule has 0 fully saturated rings. The number of nitrogens with zero attached hydrogens (tertiary/aromatic N) is 2. The van der Waals surface area contributed by atoms with Crippen LogP contribution in [0.2, 0.25) is 0 Å². The fourth-order valence-electron chi connectivity index (χ4n) is 2.85. The lowest BCUT2D eigenvalue weighted by molar-refractivity contribution is 0.0943. The molecule has 25 heavy (non-hydrogen) atoms. The summed E-state index contributed by atoms with van der Waals surface area (Å²) in [5.41, 5.74) is 5.08. The average Bonchev–Trinajstić information content (AvgIpc) is 3.12. The van der Waals surface area contributed by atoms with Gasteiger partial charge in [0.15, 0.2) is 4.96 Å². The zero-order valence-corrected chi connectivity index (χ0v) is 15.2. The van der Waals surface area contributed by atoms with E-state index in [1.165, 1.54) is 5.56 Å². The highest BCUT2D eigenvalue weighted by Gasteiger charge is 2.13. The maximum atomic E-state index is 12.2. The summed E-state index contributed by atoms with van der Waals surface area (Å²) in [6.07, 6.45) is 2.06. The summed E-state index contributed by atoms with van der Waals surface area (Å²) in [5.74, 6) is -0.0386. The Morgan fingerprint density at radius 3 is 2.64 bits per heavy atom. The largest absolute Gasteiger partial charge is 0.350 e. The van der Waals surface area contributed by atoms with E-state index in [1.54, 1.807) is 11.3 Å². The number of benzene rings is 2. The van der Waals surface area contributed by atoms with Gasteiger partial charge in [0.1, 0.15) is 0 Å². The molecule has 126 valence electrons. The number of imidazole rings is 1. The molecular weight excluding hydrogens is 330 g/mol. The summed E-state index contributed by atoms with van der Waals surface area (Å²) in [4.78, 5) is 17.9. The van der Waals surface area contributed by atoms with Gasteiger partial charge >= 0.3 is 0 Å². The van der Waals surface area contributed by atoms with Crippen molar-refractivity contribution in [2.75, 3.05) is 0 Å². The first-order valence-electron chi connectivity index (χ1n) is 8.31. The monoisotopic (exact) mass is 349 g/mol. The van der Waals surface area contributed by atoms with Crippen LogP contribution in [0.5, 0.6) is 0 Å². The number of carbonyl (C=O) groups excluding carboxylic acids is 1. The van der Waals surface area contributed by atoms with Crippen molar-refractivity contribution in [1.29, 1.82) is 0 Å². The molecule has 0 aliphatic heterocycles. The first kappa shape index (κ1) is 15.8. The van der Waals surface area contributed by atoms with Gasteiger partial charge in [-0.25, -0.2) is 4.98 Å². The molecule has 0 bridgehead atoms. The van der Waals surface area contributed by atoms with E-state index < -0.39 is 0 Å². The van der Waals surface area contributed by atoms with Crippen LogP contribution < -0.4 is 5.32 Å². The number of rotatable bonds is 3. The minimum Gasteiger partial charge on any atom is -0.350 e. The Bertz CT molecular complexity index is 1070. The van der Waals surface area contributed by atoms with Gasteiger partial charge in [-0.05, 0) is 39.0 Å². The second-order valence-electron chi connectivity index (χ2n) is 6.56. The molecule has 2 aromatic heterocycles. The second-order valence-corrected chi connectivity index (χ2v) is 7.57. The van der Waals surface area contributed by atoms with Crippen molar-refractivity contribution in [2.24, 2.45) is 0 Å². The fourth-order valence-corrected chi connectivity index (χ4v) is 3.90. The van der Waals surface area contributed by atoms with Gasteiger partial charge in [0, 0.05) is 23.4 Å². The molecule has 4 rings (SSSR count). The molecule has 0 saturated carbocycles. The molecule has 0 spiro atoms. The molecular formula is C20H19N3OS. The van der Waals surface area contributed by atoms with Gasteiger partial charge in [-0.15, -0.1) is 0 Å². The third-order valence-electron chi connectivity index (χ3n) is 4.12. The molecule has 0 radical (unpaired) electrons. The highest BCUT2D eigenvalue weighted by Crippen LogP contribution is 2.30. The Morgan fingerprint density at radius 2 is 1.92 bits per heavy atom. The number of aryl methyl sites for hydroxylation is 1. The number of fused-ring (bicyclic) bond motifs is 3. The lowest BCUT2D eigenvalue weighted by Crippen LogP contribution is -2.29. The van der Waals surface area contributed by atoms with Crippen LogP contribution in [0.15, 0.2) is 48.7 Å². The van der Waals surface area contributed by atoms with E-state index in [2.05, 4.69) is 47.1 Å². The van der Waals surface area contributed by atoms with E-state index in [0.29, 0.717) is 5.56 Å². The number of hydrogen-bond acceptors (Lipinski definition) is 3. The van der Waals surface area contributed by atoms with Crippen LogP contribution in [0, 0.1) is 6.92 Å². The van der Waals surface area contributed by atoms with E-state index in [-0.39, 0.29) is 11.9 Å². The predicted molar refractivity (Wildman–Crippen MR) is 103 cm³/mol. The van der Waals surface area contributed by atoms with Gasteiger partial charge in [-0.3, -0.25) is 9.20 Å². The van der Waals surface area contributed by atoms with Gasteiger partial charge in [0.05, 0.1) is 15.9 Å². The van der Waals surface area contributed by atoms with Crippen molar-refractivity contribution in [3.63, 3.8) is 0 Å². The van der Waals surface area contributed by atoms with Crippen LogP contribution in [0.1, 0.15) is 29.8 Å². The standard InChI is InChI=1S/C20H19N3OS/c1-12(2)21-19(24)15-8-9-17-18(10-15)25-20-22-16(11-23(17)20)14-6-4-13(3)5-7-14/h4-12H,1-3H3,(H,21,24). The average molecular weight is 349 g/mol. The van der Waals surface area contributed by atoms with Crippen LogP contribution in [0.4, 0.5) is 0 Å². The van der Waals surface area contributed by atoms with Crippen LogP contribution in [0.25, 0.3) is 26.4 Å². The normalized spacial score (nSPS) is 11.5. The molecule has 2 heterocycles. The summed E-state index contributed by atoms with van der Waals surface area (Å²) in [7, 11) is 0. The molecule has 4 nitrogen and oxygen atoms in total. The van der Waals surface area contributed by atoms with Crippen LogP contribution in [-0.2, 0) is 0 Å². The van der Waals surface area contributed by atoms with E-state index in [0.717, 1.165) is 26.4 Å². The summed E-state index contributed by atoms with van der Waals surface area (Å²) in [5, 5.41) is 2.93. The molecule has 0 saturated heterocycles. The van der Waals surface area contributed by atoms with Crippen molar-refractivity contribution in [3.8, 4) is 11.3 Å². The fraction of sp³-hybridized carbons (Fsp3) is 0.200. The highest BCUT2D eigenvalue weighted by atomic mass is 32.1. The maximum Gasteiger partial charge on any atom is 0.251 e. The van der Waals surface area contributed by atoms with Crippen molar-refractivity contribution >= 4 is 32.4 Å². The third kappa shape index (κ3) is 2.91. The summed E-state index contributed by atoms with van der Waals surface area (Å²) >= 11 is 1.60. The highest BCUT2D eigenvalue weighted by molar-refractivity contribution is 7.23. The SMILES string of the molecule is Cc1ccc(-c2cn3c(n2)sc2cc(C(=O)NC(C)C)ccc23)cc1. The Morgan fingerprint density at radius 1 is 1.16 bits per heavy atom. The number of amides is 1. The minimum atomic E-state index is -0.0386. The van der Waals surface area contributed by atoms with E-state index >= 15 is 0 Å². The Balaban J connectivity index is 1.75. The molecule has 5 heteroatoms. The number of aromatic nitrogens is 2. The Labute approximate surface area is 150 Å². The zero-order chi connectivity index (χ0) is 17.6. The number of nitrogens with one attached hydrogen (secondary N) is 1. The predicted octanol–water partition coefficient (Wildman–Crippen LogP) is 4.66. The topological polar surface area (TPSA) is 46.4 Å². The van der Waals surface area contributed by atoms with Crippen molar-refractivity contribution in [1.82, 2.24) is 14.7 Å². The van der Waals surface area contributed by atoms with Crippen LogP contribution in [0.3, 0.4) is 0 Å². The third-order valence-corrected chi connectivity index (χ3v) is 5.14. The maximum absolute atomic E-state index is 12.2. The van der Waals surface area contributed by atoms with Crippen LogP contribution in [-0.4, -0.2) is 21.3 Å². The van der Waals surface area contributed by atoms with E-state index in [1.807, 2.05) is 32.0 Å². The first-order chi connectivity index (χ1) is 12.0. The van der Waals surface area contributed by atoms with E-state index in [4.69, 9.17) is 4.98 Å². The second kappa shape index (κ2) is 6.01. The molecule has 0 aliphatic rings. The van der Waals surface area contributed by atoms with Gasteiger partial charge in [0.25, 0.3) is 5.91 Å². The summed E-state index contributed by atoms with van der Waals surface area (Å²) < 4.78 is 3.16. The molecule has 0 aliphatic carbocycles.